The number of nitrogens with zero attached hydrogens (tertiary/aromatic N) is 3. The number of aromatic nitrogens is 1. The number of halogens is 2. The van der Waals surface area contributed by atoms with Crippen molar-refractivity contribution in [2.24, 2.45) is 12.0 Å². The summed E-state index contributed by atoms with van der Waals surface area (Å²) in [6.45, 7) is 4.47. The highest BCUT2D eigenvalue weighted by atomic mass is 127. The maximum absolute atomic E-state index is 12.9. The second kappa shape index (κ2) is 12.4. The van der Waals surface area contributed by atoms with Crippen molar-refractivity contribution in [3.05, 3.63) is 59.7 Å². The molecule has 2 N–H and O–H groups in total. The first-order chi connectivity index (χ1) is 13.0. The van der Waals surface area contributed by atoms with Gasteiger partial charge in [0.25, 0.3) is 0 Å². The fourth-order valence-corrected chi connectivity index (χ4v) is 2.66. The number of aryl methyl sites for hydroxylation is 1. The summed E-state index contributed by atoms with van der Waals surface area (Å²) in [6.07, 6.45) is 2.25. The van der Waals surface area contributed by atoms with Gasteiger partial charge >= 0.3 is 0 Å². The van der Waals surface area contributed by atoms with Crippen molar-refractivity contribution >= 4 is 35.8 Å². The summed E-state index contributed by atoms with van der Waals surface area (Å²) in [4.78, 5) is 18.6. The van der Waals surface area contributed by atoms with Gasteiger partial charge < -0.3 is 20.1 Å². The lowest BCUT2D eigenvalue weighted by atomic mass is 10.1. The monoisotopic (exact) mass is 501 g/mol. The number of nitrogens with one attached hydrogen (secondary N) is 2. The summed E-state index contributed by atoms with van der Waals surface area (Å²) in [5.74, 6) is 0.398. The number of hydrogen-bond donors (Lipinski definition) is 2. The third-order valence-electron chi connectivity index (χ3n) is 4.12. The first kappa shape index (κ1) is 23.9. The van der Waals surface area contributed by atoms with Crippen molar-refractivity contribution in [2.75, 3.05) is 26.7 Å². The van der Waals surface area contributed by atoms with Crippen LogP contribution in [0.4, 0.5) is 4.39 Å². The highest BCUT2D eigenvalue weighted by molar-refractivity contribution is 14.0. The van der Waals surface area contributed by atoms with Crippen molar-refractivity contribution in [1.29, 1.82) is 0 Å². The molecule has 0 aliphatic carbocycles. The summed E-state index contributed by atoms with van der Waals surface area (Å²) < 4.78 is 15.0. The molecule has 0 bridgehead atoms. The van der Waals surface area contributed by atoms with E-state index in [4.69, 9.17) is 0 Å². The van der Waals surface area contributed by atoms with Gasteiger partial charge in [0, 0.05) is 39.1 Å². The molecular formula is C20H29FIN5O. The van der Waals surface area contributed by atoms with Crippen LogP contribution in [0, 0.1) is 5.82 Å². The number of rotatable bonds is 8. The molecule has 154 valence electrons. The lowest BCUT2D eigenvalue weighted by Crippen LogP contribution is -2.39. The quantitative estimate of drug-likeness (QED) is 0.253. The third-order valence-corrected chi connectivity index (χ3v) is 4.12. The molecule has 28 heavy (non-hydrogen) atoms. The molecule has 1 aromatic heterocycles. The summed E-state index contributed by atoms with van der Waals surface area (Å²) >= 11 is 0. The highest BCUT2D eigenvalue weighted by Gasteiger charge is 2.08. The van der Waals surface area contributed by atoms with Crippen molar-refractivity contribution in [3.63, 3.8) is 0 Å². The molecule has 0 radical (unpaired) electrons. The van der Waals surface area contributed by atoms with E-state index in [2.05, 4.69) is 31.2 Å². The SMILES string of the molecule is CCNC(=NCCNC(=O)Cc1ccc(F)cc1)N(C)Cc1cccn1C.I. The normalized spacial score (nSPS) is 10.9. The van der Waals surface area contributed by atoms with Gasteiger partial charge in [-0.15, -0.1) is 24.0 Å². The van der Waals surface area contributed by atoms with Crippen LogP contribution in [-0.2, 0) is 24.8 Å². The van der Waals surface area contributed by atoms with E-state index in [0.717, 1.165) is 24.6 Å². The van der Waals surface area contributed by atoms with Crippen LogP contribution in [0.5, 0.6) is 0 Å². The molecule has 1 heterocycles. The lowest BCUT2D eigenvalue weighted by Gasteiger charge is -2.22. The molecule has 0 aliphatic rings. The van der Waals surface area contributed by atoms with E-state index in [1.54, 1.807) is 12.1 Å². The van der Waals surface area contributed by atoms with Gasteiger partial charge in [0.1, 0.15) is 5.82 Å². The standard InChI is InChI=1S/C20H28FN5O.HI/c1-4-22-20(26(3)15-18-6-5-13-25(18)2)24-12-11-23-19(27)14-16-7-9-17(21)10-8-16;/h5-10,13H,4,11-12,14-15H2,1-3H3,(H,22,24)(H,23,27);1H. The topological polar surface area (TPSA) is 61.7 Å². The lowest BCUT2D eigenvalue weighted by molar-refractivity contribution is -0.120. The van der Waals surface area contributed by atoms with Crippen LogP contribution in [-0.4, -0.2) is 48.0 Å². The van der Waals surface area contributed by atoms with Gasteiger partial charge in [-0.05, 0) is 36.8 Å². The van der Waals surface area contributed by atoms with Gasteiger partial charge in [0.15, 0.2) is 5.96 Å². The summed E-state index contributed by atoms with van der Waals surface area (Å²) in [6, 6.07) is 10.1. The van der Waals surface area contributed by atoms with E-state index in [-0.39, 0.29) is 42.1 Å². The molecule has 0 saturated heterocycles. The average molecular weight is 501 g/mol. The van der Waals surface area contributed by atoms with Crippen LogP contribution < -0.4 is 10.6 Å². The number of guanidine groups is 1. The van der Waals surface area contributed by atoms with E-state index in [0.29, 0.717) is 13.1 Å². The van der Waals surface area contributed by atoms with Crippen LogP contribution in [0.1, 0.15) is 18.2 Å². The Labute approximate surface area is 183 Å². The Morgan fingerprint density at radius 3 is 2.54 bits per heavy atom. The van der Waals surface area contributed by atoms with Crippen LogP contribution in [0.25, 0.3) is 0 Å². The first-order valence-corrected chi connectivity index (χ1v) is 9.10. The maximum atomic E-state index is 12.9. The van der Waals surface area contributed by atoms with Gasteiger partial charge in [-0.2, -0.15) is 0 Å². The Kier molecular flexibility index (Phi) is 10.6. The Bertz CT molecular complexity index is 760. The van der Waals surface area contributed by atoms with Crippen LogP contribution in [0.3, 0.4) is 0 Å². The Hall–Kier alpha value is -2.10. The van der Waals surface area contributed by atoms with Crippen LogP contribution in [0.2, 0.25) is 0 Å². The Morgan fingerprint density at radius 2 is 1.93 bits per heavy atom. The smallest absolute Gasteiger partial charge is 0.224 e. The van der Waals surface area contributed by atoms with E-state index in [1.165, 1.54) is 17.8 Å². The number of aliphatic imine (C=N–C) groups is 1. The van der Waals surface area contributed by atoms with E-state index in [1.807, 2.05) is 33.3 Å². The predicted octanol–water partition coefficient (Wildman–Crippen LogP) is 2.54. The molecule has 8 heteroatoms. The van der Waals surface area contributed by atoms with Crippen LogP contribution in [0.15, 0.2) is 47.6 Å². The number of carbonyl (C=O) groups excluding carboxylic acids is 1. The molecule has 2 rings (SSSR count). The molecular weight excluding hydrogens is 472 g/mol. The van der Waals surface area contributed by atoms with Crippen molar-refractivity contribution in [2.45, 2.75) is 19.9 Å². The Morgan fingerprint density at radius 1 is 1.21 bits per heavy atom. The van der Waals surface area contributed by atoms with Gasteiger partial charge in [0.05, 0.1) is 19.5 Å². The fourth-order valence-electron chi connectivity index (χ4n) is 2.66. The summed E-state index contributed by atoms with van der Waals surface area (Å²) in [5, 5.41) is 6.11. The molecule has 0 aliphatic heterocycles. The minimum absolute atomic E-state index is 0. The number of benzene rings is 1. The highest BCUT2D eigenvalue weighted by Crippen LogP contribution is 2.04. The number of amides is 1. The first-order valence-electron chi connectivity index (χ1n) is 9.10. The van der Waals surface area contributed by atoms with Crippen molar-refractivity contribution in [3.8, 4) is 0 Å². The van der Waals surface area contributed by atoms with Gasteiger partial charge in [-0.3, -0.25) is 9.79 Å². The number of hydrogen-bond acceptors (Lipinski definition) is 2. The predicted molar refractivity (Wildman–Crippen MR) is 121 cm³/mol. The van der Waals surface area contributed by atoms with E-state index < -0.39 is 0 Å². The molecule has 0 saturated carbocycles. The minimum Gasteiger partial charge on any atom is -0.357 e. The van der Waals surface area contributed by atoms with Gasteiger partial charge in [-0.25, -0.2) is 4.39 Å². The molecule has 1 amide bonds. The van der Waals surface area contributed by atoms with E-state index in [9.17, 15) is 9.18 Å². The molecule has 0 spiro atoms. The molecule has 0 unspecified atom stereocenters. The second-order valence-corrected chi connectivity index (χ2v) is 6.36. The average Bonchev–Trinajstić information content (AvgIpc) is 3.04. The zero-order valence-corrected chi connectivity index (χ0v) is 18.9. The number of carbonyl (C=O) groups is 1. The zero-order valence-electron chi connectivity index (χ0n) is 16.6. The molecule has 0 atom stereocenters. The molecule has 1 aromatic carbocycles. The van der Waals surface area contributed by atoms with Gasteiger partial charge in [-0.1, -0.05) is 12.1 Å². The maximum Gasteiger partial charge on any atom is 0.224 e. The van der Waals surface area contributed by atoms with Crippen LogP contribution >= 0.6 is 24.0 Å². The third kappa shape index (κ3) is 7.87. The second-order valence-electron chi connectivity index (χ2n) is 6.36. The minimum atomic E-state index is -0.302. The fraction of sp³-hybridized carbons (Fsp3) is 0.400. The van der Waals surface area contributed by atoms with E-state index >= 15 is 0 Å². The molecule has 2 aromatic rings. The zero-order chi connectivity index (χ0) is 19.6. The summed E-state index contributed by atoms with van der Waals surface area (Å²) in [5.41, 5.74) is 1.98. The summed E-state index contributed by atoms with van der Waals surface area (Å²) in [7, 11) is 4.01. The van der Waals surface area contributed by atoms with Crippen molar-refractivity contribution < 1.29 is 9.18 Å². The molecule has 0 fully saturated rings. The molecule has 6 nitrogen and oxygen atoms in total. The Balaban J connectivity index is 0.00000392. The van der Waals surface area contributed by atoms with Crippen molar-refractivity contribution in [1.82, 2.24) is 20.1 Å². The van der Waals surface area contributed by atoms with Gasteiger partial charge in [0.2, 0.25) is 5.91 Å². The largest absolute Gasteiger partial charge is 0.357 e.